The zero-order valence-electron chi connectivity index (χ0n) is 14.5. The molecule has 0 saturated carbocycles. The molecule has 0 aliphatic carbocycles. The molecular weight excluding hydrogens is 370 g/mol. The Hall–Kier alpha value is -1.98. The largest absolute Gasteiger partial charge is 0.467 e. The van der Waals surface area contributed by atoms with E-state index in [-0.39, 0.29) is 5.91 Å². The number of hydrogen-bond acceptors (Lipinski definition) is 4. The lowest BCUT2D eigenvalue weighted by molar-refractivity contribution is -0.153. The summed E-state index contributed by atoms with van der Waals surface area (Å²) >= 11 is 7.42. The minimum atomic E-state index is -0.659. The molecule has 0 saturated heterocycles. The number of fused-ring (bicyclic) bond motifs is 1. The van der Waals surface area contributed by atoms with Crippen LogP contribution in [-0.4, -0.2) is 36.2 Å². The van der Waals surface area contributed by atoms with Gasteiger partial charge in [-0.15, -0.1) is 11.8 Å². The Balaban J connectivity index is 1.67. The number of carbonyl (C=O) groups excluding carboxylic acids is 2. The number of ether oxygens (including phenoxy) is 1. The second-order valence-corrected chi connectivity index (χ2v) is 7.50. The van der Waals surface area contributed by atoms with Crippen molar-refractivity contribution in [3.8, 4) is 0 Å². The molecule has 136 valence electrons. The van der Waals surface area contributed by atoms with Crippen molar-refractivity contribution in [3.63, 3.8) is 0 Å². The number of esters is 1. The van der Waals surface area contributed by atoms with Gasteiger partial charge in [0.2, 0.25) is 5.91 Å². The Bertz CT molecular complexity index is 794. The van der Waals surface area contributed by atoms with Gasteiger partial charge in [0.15, 0.2) is 6.04 Å². The SMILES string of the molecule is COC(=O)[C@@H]1c2ccccc2CCN1C(=O)CSCc1ccc(Cl)cc1. The lowest BCUT2D eigenvalue weighted by Gasteiger charge is -2.35. The molecule has 2 aromatic carbocycles. The minimum Gasteiger partial charge on any atom is -0.467 e. The van der Waals surface area contributed by atoms with Crippen LogP contribution in [0.2, 0.25) is 5.02 Å². The van der Waals surface area contributed by atoms with E-state index in [2.05, 4.69) is 0 Å². The lowest BCUT2D eigenvalue weighted by Crippen LogP contribution is -2.44. The maximum atomic E-state index is 12.8. The standard InChI is InChI=1S/C20H20ClNO3S/c1-25-20(24)19-17-5-3-2-4-15(17)10-11-22(19)18(23)13-26-12-14-6-8-16(21)9-7-14/h2-9,19H,10-13H2,1H3/t19-/m0/s1. The van der Waals surface area contributed by atoms with Gasteiger partial charge in [-0.05, 0) is 35.2 Å². The molecule has 0 spiro atoms. The molecule has 4 nitrogen and oxygen atoms in total. The first-order valence-corrected chi connectivity index (χ1v) is 9.90. The van der Waals surface area contributed by atoms with Crippen LogP contribution in [0.5, 0.6) is 0 Å². The summed E-state index contributed by atoms with van der Waals surface area (Å²) in [7, 11) is 1.36. The maximum Gasteiger partial charge on any atom is 0.333 e. The molecule has 0 aromatic heterocycles. The summed E-state index contributed by atoms with van der Waals surface area (Å²) in [6.07, 6.45) is 0.747. The molecule has 0 N–H and O–H groups in total. The van der Waals surface area contributed by atoms with Gasteiger partial charge in [-0.2, -0.15) is 0 Å². The molecule has 26 heavy (non-hydrogen) atoms. The van der Waals surface area contributed by atoms with Gasteiger partial charge >= 0.3 is 5.97 Å². The first-order chi connectivity index (χ1) is 12.6. The quantitative estimate of drug-likeness (QED) is 0.728. The third kappa shape index (κ3) is 4.22. The highest BCUT2D eigenvalue weighted by molar-refractivity contribution is 7.99. The molecule has 0 radical (unpaired) electrons. The van der Waals surface area contributed by atoms with Gasteiger partial charge in [-0.1, -0.05) is 48.0 Å². The Morgan fingerprint density at radius 2 is 1.92 bits per heavy atom. The number of rotatable bonds is 5. The van der Waals surface area contributed by atoms with E-state index in [0.717, 1.165) is 28.9 Å². The molecule has 1 amide bonds. The monoisotopic (exact) mass is 389 g/mol. The first-order valence-electron chi connectivity index (χ1n) is 8.37. The van der Waals surface area contributed by atoms with Crippen LogP contribution in [-0.2, 0) is 26.5 Å². The number of methoxy groups -OCH3 is 1. The lowest BCUT2D eigenvalue weighted by atomic mass is 9.92. The maximum absolute atomic E-state index is 12.8. The van der Waals surface area contributed by atoms with Crippen LogP contribution < -0.4 is 0 Å². The second-order valence-electron chi connectivity index (χ2n) is 6.08. The Kier molecular flexibility index (Phi) is 6.22. The Labute approximate surface area is 162 Å². The van der Waals surface area contributed by atoms with Gasteiger partial charge in [0, 0.05) is 17.3 Å². The van der Waals surface area contributed by atoms with Gasteiger partial charge in [-0.3, -0.25) is 4.79 Å². The molecule has 3 rings (SSSR count). The molecular formula is C20H20ClNO3S. The van der Waals surface area contributed by atoms with Crippen molar-refractivity contribution in [3.05, 3.63) is 70.2 Å². The summed E-state index contributed by atoms with van der Waals surface area (Å²) in [6, 6.07) is 14.7. The van der Waals surface area contributed by atoms with Crippen molar-refractivity contribution in [2.75, 3.05) is 19.4 Å². The Morgan fingerprint density at radius 3 is 2.65 bits per heavy atom. The highest BCUT2D eigenvalue weighted by Gasteiger charge is 2.36. The van der Waals surface area contributed by atoms with E-state index < -0.39 is 12.0 Å². The van der Waals surface area contributed by atoms with E-state index in [4.69, 9.17) is 16.3 Å². The fourth-order valence-corrected chi connectivity index (χ4v) is 4.12. The van der Waals surface area contributed by atoms with Gasteiger partial charge < -0.3 is 9.64 Å². The van der Waals surface area contributed by atoms with E-state index in [9.17, 15) is 9.59 Å². The highest BCUT2D eigenvalue weighted by atomic mass is 35.5. The zero-order valence-corrected chi connectivity index (χ0v) is 16.1. The predicted octanol–water partition coefficient (Wildman–Crippen LogP) is 3.87. The summed E-state index contributed by atoms with van der Waals surface area (Å²) in [5.41, 5.74) is 3.07. The Morgan fingerprint density at radius 1 is 1.19 bits per heavy atom. The number of halogens is 1. The van der Waals surface area contributed by atoms with Gasteiger partial charge in [-0.25, -0.2) is 4.79 Å². The third-order valence-electron chi connectivity index (χ3n) is 4.44. The molecule has 0 fully saturated rings. The summed E-state index contributed by atoms with van der Waals surface area (Å²) in [5.74, 6) is 0.594. The van der Waals surface area contributed by atoms with E-state index >= 15 is 0 Å². The van der Waals surface area contributed by atoms with Crippen LogP contribution in [0.25, 0.3) is 0 Å². The topological polar surface area (TPSA) is 46.6 Å². The normalized spacial score (nSPS) is 16.1. The van der Waals surface area contributed by atoms with Crippen LogP contribution in [0.4, 0.5) is 0 Å². The summed E-state index contributed by atoms with van der Waals surface area (Å²) in [6.45, 7) is 0.525. The van der Waals surface area contributed by atoms with Gasteiger partial charge in [0.25, 0.3) is 0 Å². The van der Waals surface area contributed by atoms with Crippen LogP contribution in [0.3, 0.4) is 0 Å². The number of nitrogens with zero attached hydrogens (tertiary/aromatic N) is 1. The summed E-state index contributed by atoms with van der Waals surface area (Å²) in [4.78, 5) is 26.7. The summed E-state index contributed by atoms with van der Waals surface area (Å²) in [5, 5.41) is 0.697. The fraction of sp³-hybridized carbons (Fsp3) is 0.300. The number of hydrogen-bond donors (Lipinski definition) is 0. The number of carbonyl (C=O) groups is 2. The second kappa shape index (κ2) is 8.60. The van der Waals surface area contributed by atoms with E-state index in [0.29, 0.717) is 17.3 Å². The van der Waals surface area contributed by atoms with Crippen molar-refractivity contribution >= 4 is 35.2 Å². The van der Waals surface area contributed by atoms with Crippen LogP contribution in [0.1, 0.15) is 22.7 Å². The van der Waals surface area contributed by atoms with E-state index in [1.807, 2.05) is 48.5 Å². The van der Waals surface area contributed by atoms with E-state index in [1.54, 1.807) is 4.90 Å². The van der Waals surface area contributed by atoms with Crippen molar-refractivity contribution in [2.24, 2.45) is 0 Å². The first kappa shape index (κ1) is 18.8. The molecule has 1 heterocycles. The third-order valence-corrected chi connectivity index (χ3v) is 5.68. The summed E-state index contributed by atoms with van der Waals surface area (Å²) < 4.78 is 4.96. The van der Waals surface area contributed by atoms with Gasteiger partial charge in [0.1, 0.15) is 0 Å². The molecule has 0 bridgehead atoms. The molecule has 6 heteroatoms. The molecule has 0 unspecified atom stereocenters. The van der Waals surface area contributed by atoms with Crippen molar-refractivity contribution in [1.82, 2.24) is 4.90 Å². The fourth-order valence-electron chi connectivity index (χ4n) is 3.12. The van der Waals surface area contributed by atoms with Crippen molar-refractivity contribution < 1.29 is 14.3 Å². The van der Waals surface area contributed by atoms with E-state index in [1.165, 1.54) is 18.9 Å². The highest BCUT2D eigenvalue weighted by Crippen LogP contribution is 2.31. The zero-order chi connectivity index (χ0) is 18.5. The van der Waals surface area contributed by atoms with Crippen LogP contribution in [0.15, 0.2) is 48.5 Å². The number of amides is 1. The number of thioether (sulfide) groups is 1. The smallest absolute Gasteiger partial charge is 0.333 e. The minimum absolute atomic E-state index is 0.0473. The molecule has 1 atom stereocenters. The molecule has 1 aliphatic heterocycles. The molecule has 1 aliphatic rings. The van der Waals surface area contributed by atoms with Crippen molar-refractivity contribution in [1.29, 1.82) is 0 Å². The average molecular weight is 390 g/mol. The molecule has 2 aromatic rings. The van der Waals surface area contributed by atoms with Crippen molar-refractivity contribution in [2.45, 2.75) is 18.2 Å². The predicted molar refractivity (Wildman–Crippen MR) is 104 cm³/mol. The van der Waals surface area contributed by atoms with Gasteiger partial charge in [0.05, 0.1) is 12.9 Å². The van der Waals surface area contributed by atoms with Crippen LogP contribution in [0, 0.1) is 0 Å². The van der Waals surface area contributed by atoms with Crippen LogP contribution >= 0.6 is 23.4 Å². The average Bonchev–Trinajstić information content (AvgIpc) is 2.67. The number of benzene rings is 2.